The summed E-state index contributed by atoms with van der Waals surface area (Å²) in [5, 5.41) is 12.2. The van der Waals surface area contributed by atoms with Gasteiger partial charge >= 0.3 is 0 Å². The maximum absolute atomic E-state index is 13.1. The highest BCUT2D eigenvalue weighted by atomic mass is 32.2. The Kier molecular flexibility index (Phi) is 7.01. The molecule has 0 N–H and O–H groups in total. The number of carbonyl (C=O) groups excluding carboxylic acids is 1. The largest absolute Gasteiger partial charge is 0.296 e. The van der Waals surface area contributed by atoms with Crippen molar-refractivity contribution in [2.24, 2.45) is 11.8 Å². The predicted octanol–water partition coefficient (Wildman–Crippen LogP) is 3.41. The third-order valence-electron chi connectivity index (χ3n) is 6.14. The van der Waals surface area contributed by atoms with E-state index in [-0.39, 0.29) is 41.0 Å². The van der Waals surface area contributed by atoms with Crippen LogP contribution in [0.1, 0.15) is 43.8 Å². The van der Waals surface area contributed by atoms with E-state index >= 15 is 0 Å². The molecule has 2 aliphatic rings. The Morgan fingerprint density at radius 3 is 2.48 bits per heavy atom. The van der Waals surface area contributed by atoms with Crippen LogP contribution in [0.3, 0.4) is 0 Å². The van der Waals surface area contributed by atoms with Crippen molar-refractivity contribution in [3.8, 4) is 0 Å². The zero-order valence-electron chi connectivity index (χ0n) is 17.9. The number of pyridine rings is 1. The van der Waals surface area contributed by atoms with Crippen LogP contribution in [0.5, 0.6) is 0 Å². The van der Waals surface area contributed by atoms with Crippen molar-refractivity contribution in [2.45, 2.75) is 43.0 Å². The third kappa shape index (κ3) is 5.37. The molecule has 2 fully saturated rings. The lowest BCUT2D eigenvalue weighted by molar-refractivity contribution is -0.384. The minimum Gasteiger partial charge on any atom is -0.272 e. The SMILES string of the molecule is O=C([C@H]1CC[C@H](COS(=O)(=O)c2ccc([N+](=O)[O-])cc2)CC1)N1OCC[C@H]1c1ccccn1. The first-order chi connectivity index (χ1) is 15.8. The number of nitro groups is 1. The summed E-state index contributed by atoms with van der Waals surface area (Å²) in [7, 11) is -4.01. The summed E-state index contributed by atoms with van der Waals surface area (Å²) < 4.78 is 30.0. The number of nitro benzene ring substituents is 1. The summed E-state index contributed by atoms with van der Waals surface area (Å²) in [6.07, 6.45) is 4.97. The van der Waals surface area contributed by atoms with Crippen molar-refractivity contribution >= 4 is 21.7 Å². The number of amides is 1. The minimum atomic E-state index is -4.01. The lowest BCUT2D eigenvalue weighted by Gasteiger charge is -2.31. The monoisotopic (exact) mass is 475 g/mol. The number of rotatable bonds is 7. The second-order valence-electron chi connectivity index (χ2n) is 8.26. The second kappa shape index (κ2) is 9.94. The summed E-state index contributed by atoms with van der Waals surface area (Å²) >= 11 is 0. The summed E-state index contributed by atoms with van der Waals surface area (Å²) in [4.78, 5) is 33.1. The van der Waals surface area contributed by atoms with Crippen molar-refractivity contribution in [3.63, 3.8) is 0 Å². The molecule has 1 aliphatic heterocycles. The Hall–Kier alpha value is -2.89. The second-order valence-corrected chi connectivity index (χ2v) is 9.88. The topological polar surface area (TPSA) is 129 Å². The Bertz CT molecular complexity index is 1080. The highest BCUT2D eigenvalue weighted by Crippen LogP contribution is 2.36. The van der Waals surface area contributed by atoms with Gasteiger partial charge in [0.05, 0.1) is 28.7 Å². The molecule has 10 nitrogen and oxygen atoms in total. The van der Waals surface area contributed by atoms with Crippen molar-refractivity contribution in [1.82, 2.24) is 10.0 Å². The number of aromatic nitrogens is 1. The number of non-ortho nitro benzene ring substituents is 1. The van der Waals surface area contributed by atoms with Crippen molar-refractivity contribution in [2.75, 3.05) is 13.2 Å². The Labute approximate surface area is 191 Å². The molecule has 1 aliphatic carbocycles. The molecule has 33 heavy (non-hydrogen) atoms. The normalized spacial score (nSPS) is 23.4. The van der Waals surface area contributed by atoms with E-state index in [1.54, 1.807) is 6.20 Å². The first-order valence-electron chi connectivity index (χ1n) is 10.9. The fourth-order valence-corrected chi connectivity index (χ4v) is 5.25. The average molecular weight is 476 g/mol. The summed E-state index contributed by atoms with van der Waals surface area (Å²) in [5.74, 6) is -0.231. The molecule has 0 radical (unpaired) electrons. The van der Waals surface area contributed by atoms with Gasteiger partial charge in [0.15, 0.2) is 0 Å². The highest BCUT2D eigenvalue weighted by molar-refractivity contribution is 7.86. The molecule has 0 unspecified atom stereocenters. The smallest absolute Gasteiger partial charge is 0.272 e. The maximum atomic E-state index is 13.1. The van der Waals surface area contributed by atoms with E-state index in [2.05, 4.69) is 4.98 Å². The fourth-order valence-electron chi connectivity index (χ4n) is 4.27. The number of hydrogen-bond acceptors (Lipinski definition) is 8. The van der Waals surface area contributed by atoms with E-state index in [0.29, 0.717) is 38.7 Å². The minimum absolute atomic E-state index is 0.00737. The van der Waals surface area contributed by atoms with Crippen molar-refractivity contribution in [3.05, 3.63) is 64.5 Å². The van der Waals surface area contributed by atoms with Gasteiger partial charge in [-0.1, -0.05) is 6.07 Å². The maximum Gasteiger partial charge on any atom is 0.296 e. The van der Waals surface area contributed by atoms with Gasteiger partial charge in [-0.25, -0.2) is 5.06 Å². The molecule has 1 aromatic carbocycles. The van der Waals surface area contributed by atoms with Crippen LogP contribution < -0.4 is 0 Å². The molecule has 1 saturated carbocycles. The lowest BCUT2D eigenvalue weighted by atomic mass is 9.82. The number of carbonyl (C=O) groups is 1. The molecule has 0 spiro atoms. The zero-order valence-corrected chi connectivity index (χ0v) is 18.7. The van der Waals surface area contributed by atoms with E-state index in [9.17, 15) is 23.3 Å². The van der Waals surface area contributed by atoms with Crippen molar-refractivity contribution < 1.29 is 27.2 Å². The van der Waals surface area contributed by atoms with Gasteiger partial charge in [0.1, 0.15) is 6.04 Å². The standard InChI is InChI=1S/C22H25N3O7S/c26-22(24-21(12-14-31-24)20-3-1-2-13-23-20)17-6-4-16(5-7-17)15-32-33(29,30)19-10-8-18(9-11-19)25(27)28/h1-3,8-11,13,16-17,21H,4-7,12,14-15H2/t16-,17-,21-/m0/s1. The summed E-state index contributed by atoms with van der Waals surface area (Å²) in [6.45, 7) is 0.480. The Morgan fingerprint density at radius 2 is 1.85 bits per heavy atom. The molecule has 11 heteroatoms. The number of hydroxylamine groups is 2. The van der Waals surface area contributed by atoms with Gasteiger partial charge in [-0.05, 0) is 55.9 Å². The molecule has 176 valence electrons. The van der Waals surface area contributed by atoms with Crippen LogP contribution in [0, 0.1) is 22.0 Å². The zero-order chi connectivity index (χ0) is 23.4. The summed E-state index contributed by atoms with van der Waals surface area (Å²) in [5.41, 5.74) is 0.617. The average Bonchev–Trinajstić information content (AvgIpc) is 3.33. The molecule has 2 aromatic rings. The van der Waals surface area contributed by atoms with Gasteiger partial charge < -0.3 is 0 Å². The first-order valence-corrected chi connectivity index (χ1v) is 12.3. The highest BCUT2D eigenvalue weighted by Gasteiger charge is 2.38. The van der Waals surface area contributed by atoms with E-state index in [4.69, 9.17) is 9.02 Å². The van der Waals surface area contributed by atoms with Crippen LogP contribution in [0.25, 0.3) is 0 Å². The van der Waals surface area contributed by atoms with Crippen LogP contribution in [-0.4, -0.2) is 42.5 Å². The van der Waals surface area contributed by atoms with E-state index < -0.39 is 15.0 Å². The van der Waals surface area contributed by atoms with Gasteiger partial charge in [-0.15, -0.1) is 0 Å². The fraction of sp³-hybridized carbons (Fsp3) is 0.455. The predicted molar refractivity (Wildman–Crippen MR) is 116 cm³/mol. The third-order valence-corrected chi connectivity index (χ3v) is 7.44. The van der Waals surface area contributed by atoms with Gasteiger partial charge in [0.2, 0.25) is 5.91 Å². The van der Waals surface area contributed by atoms with E-state index in [1.165, 1.54) is 5.06 Å². The number of hydrogen-bond donors (Lipinski definition) is 0. The molecule has 1 atom stereocenters. The van der Waals surface area contributed by atoms with Crippen LogP contribution >= 0.6 is 0 Å². The van der Waals surface area contributed by atoms with E-state index in [1.807, 2.05) is 18.2 Å². The van der Waals surface area contributed by atoms with Gasteiger partial charge in [-0.3, -0.25) is 28.9 Å². The van der Waals surface area contributed by atoms with Gasteiger partial charge in [0.25, 0.3) is 15.8 Å². The van der Waals surface area contributed by atoms with Crippen LogP contribution in [0.15, 0.2) is 53.6 Å². The number of benzene rings is 1. The molecule has 4 rings (SSSR count). The quantitative estimate of drug-likeness (QED) is 0.338. The molecule has 1 saturated heterocycles. The molecular weight excluding hydrogens is 450 g/mol. The van der Waals surface area contributed by atoms with Crippen LogP contribution in [-0.2, 0) is 23.9 Å². The molecule has 1 amide bonds. The lowest BCUT2D eigenvalue weighted by Crippen LogP contribution is -2.37. The van der Waals surface area contributed by atoms with Gasteiger partial charge in [0, 0.05) is 30.7 Å². The van der Waals surface area contributed by atoms with E-state index in [0.717, 1.165) is 30.0 Å². The van der Waals surface area contributed by atoms with Crippen molar-refractivity contribution in [1.29, 1.82) is 0 Å². The molecular formula is C22H25N3O7S. The molecule has 2 heterocycles. The van der Waals surface area contributed by atoms with Crippen LogP contribution in [0.2, 0.25) is 0 Å². The Balaban J connectivity index is 1.29. The van der Waals surface area contributed by atoms with Crippen LogP contribution in [0.4, 0.5) is 5.69 Å². The van der Waals surface area contributed by atoms with Gasteiger partial charge in [-0.2, -0.15) is 8.42 Å². The molecule has 0 bridgehead atoms. The number of nitrogens with zero attached hydrogens (tertiary/aromatic N) is 3. The molecule has 1 aromatic heterocycles. The Morgan fingerprint density at radius 1 is 1.12 bits per heavy atom. The first kappa shape index (κ1) is 23.3. The summed E-state index contributed by atoms with van der Waals surface area (Å²) in [6, 6.07) is 10.0.